The molecule has 0 spiro atoms. The molecule has 4 aromatic carbocycles. The van der Waals surface area contributed by atoms with E-state index in [0.717, 1.165) is 72.1 Å². The summed E-state index contributed by atoms with van der Waals surface area (Å²) in [7, 11) is -26.2. The van der Waals surface area contributed by atoms with Crippen molar-refractivity contribution in [3.05, 3.63) is 119 Å². The molecule has 0 aromatic heterocycles. The fourth-order valence-electron chi connectivity index (χ4n) is 8.91. The molecule has 0 atom stereocenters. The van der Waals surface area contributed by atoms with Crippen molar-refractivity contribution in [1.82, 2.24) is 0 Å². The van der Waals surface area contributed by atoms with Gasteiger partial charge in [0.1, 0.15) is 0 Å². The van der Waals surface area contributed by atoms with Crippen LogP contribution in [0.3, 0.4) is 0 Å². The average Bonchev–Trinajstić information content (AvgIpc) is 3.25. The highest BCUT2D eigenvalue weighted by Gasteiger charge is 2.40. The molecule has 4 aromatic rings. The molecule has 0 saturated heterocycles. The van der Waals surface area contributed by atoms with Crippen molar-refractivity contribution in [3.63, 3.8) is 0 Å². The van der Waals surface area contributed by atoms with Gasteiger partial charge in [0, 0.05) is 32.3 Å². The van der Waals surface area contributed by atoms with Crippen LogP contribution in [0, 0.1) is 0 Å². The molecule has 4 rings (SSSR count). The smallest absolute Gasteiger partial charge is 0.282 e. The van der Waals surface area contributed by atoms with Crippen molar-refractivity contribution in [1.29, 1.82) is 0 Å². The van der Waals surface area contributed by atoms with Gasteiger partial charge in [0.25, 0.3) is 40.5 Å². The number of benzene rings is 4. The lowest BCUT2D eigenvalue weighted by Gasteiger charge is -2.41. The van der Waals surface area contributed by atoms with Crippen LogP contribution in [0.2, 0.25) is 125 Å². The van der Waals surface area contributed by atoms with Crippen molar-refractivity contribution in [2.45, 2.75) is 170 Å². The van der Waals surface area contributed by atoms with E-state index in [-0.39, 0.29) is 19.6 Å². The molecule has 0 radical (unpaired) electrons. The van der Waals surface area contributed by atoms with Gasteiger partial charge in [-0.2, -0.15) is 33.7 Å². The Morgan fingerprint density at radius 3 is 0.580 bits per heavy atom. The zero-order valence-corrected chi connectivity index (χ0v) is 50.0. The van der Waals surface area contributed by atoms with E-state index in [1.54, 1.807) is 48.5 Å². The Labute approximate surface area is 419 Å². The van der Waals surface area contributed by atoms with Gasteiger partial charge >= 0.3 is 0 Å². The summed E-state index contributed by atoms with van der Waals surface area (Å²) in [4.78, 5) is -0.433. The van der Waals surface area contributed by atoms with Crippen molar-refractivity contribution in [3.8, 4) is 0 Å². The molecule has 384 valence electrons. The average molecular weight is 1110 g/mol. The van der Waals surface area contributed by atoms with E-state index in [1.165, 1.54) is 96.9 Å². The highest BCUT2D eigenvalue weighted by Crippen LogP contribution is 2.42. The largest absolute Gasteiger partial charge is 0.294 e. The molecule has 0 bridgehead atoms. The molecule has 69 heavy (non-hydrogen) atoms. The molecule has 0 heterocycles. The Kier molecular flexibility index (Phi) is 20.3. The van der Waals surface area contributed by atoms with Gasteiger partial charge in [-0.1, -0.05) is 173 Å². The Balaban J connectivity index is 1.63. The first-order chi connectivity index (χ1) is 31.6. The molecule has 0 fully saturated rings. The van der Waals surface area contributed by atoms with Gasteiger partial charge in [0.05, 0.1) is 27.7 Å². The summed E-state index contributed by atoms with van der Waals surface area (Å²) in [6.45, 7) is 19.8. The zero-order valence-electron chi connectivity index (χ0n) is 41.7. The monoisotopic (exact) mass is 1110 g/mol. The van der Waals surface area contributed by atoms with Gasteiger partial charge in [-0.25, -0.2) is 0 Å². The minimum absolute atomic E-state index is 0.108. The molecule has 0 unspecified atom stereocenters. The van der Waals surface area contributed by atoms with Crippen LogP contribution < -0.4 is 0 Å². The Morgan fingerprint density at radius 2 is 0.435 bits per heavy atom. The maximum absolute atomic E-state index is 11.7. The topological polar surface area (TPSA) is 217 Å². The summed E-state index contributed by atoms with van der Waals surface area (Å²) in [5.74, 6) is 0. The lowest BCUT2D eigenvalue weighted by molar-refractivity contribution is 0.481. The van der Waals surface area contributed by atoms with Crippen LogP contribution in [-0.4, -0.2) is 92.3 Å². The van der Waals surface area contributed by atoms with Crippen LogP contribution in [0.4, 0.5) is 0 Å². The summed E-state index contributed by atoms with van der Waals surface area (Å²) in [6.07, 6.45) is 3.34. The molecular formula is C48H76O12S4Si5. The van der Waals surface area contributed by atoms with Crippen LogP contribution in [0.15, 0.2) is 117 Å². The highest BCUT2D eigenvalue weighted by atomic mass is 32.2. The third-order valence-electron chi connectivity index (χ3n) is 14.6. The van der Waals surface area contributed by atoms with Gasteiger partial charge in [0.2, 0.25) is 0 Å². The van der Waals surface area contributed by atoms with Crippen LogP contribution in [-0.2, 0) is 66.2 Å². The maximum atomic E-state index is 11.7. The molecule has 12 nitrogen and oxygen atoms in total. The van der Waals surface area contributed by atoms with E-state index in [1.807, 2.05) is 0 Å². The predicted octanol–water partition coefficient (Wildman–Crippen LogP) is 12.2. The van der Waals surface area contributed by atoms with Crippen molar-refractivity contribution < 1.29 is 51.9 Å². The van der Waals surface area contributed by atoms with E-state index >= 15 is 0 Å². The summed E-state index contributed by atoms with van der Waals surface area (Å²) in [5, 5.41) is 0. The zero-order chi connectivity index (χ0) is 51.7. The predicted molar refractivity (Wildman–Crippen MR) is 293 cm³/mol. The third kappa shape index (κ3) is 20.6. The van der Waals surface area contributed by atoms with Crippen LogP contribution >= 0.6 is 0 Å². The molecule has 0 amide bonds. The Morgan fingerprint density at radius 1 is 0.275 bits per heavy atom. The van der Waals surface area contributed by atoms with Gasteiger partial charge in [0.15, 0.2) is 0 Å². The molecule has 0 aliphatic heterocycles. The summed E-state index contributed by atoms with van der Waals surface area (Å²) < 4.78 is 132. The molecule has 21 heteroatoms. The highest BCUT2D eigenvalue weighted by molar-refractivity contribution is 7.86. The molecular weight excluding hydrogens is 1040 g/mol. The van der Waals surface area contributed by atoms with E-state index in [9.17, 15) is 51.9 Å². The third-order valence-corrected chi connectivity index (χ3v) is 38.1. The second kappa shape index (κ2) is 23.6. The van der Waals surface area contributed by atoms with Gasteiger partial charge in [-0.15, -0.1) is 0 Å². The summed E-state index contributed by atoms with van der Waals surface area (Å²) in [5.41, 5.74) is 4.19. The summed E-state index contributed by atoms with van der Waals surface area (Å²) >= 11 is 0. The number of rotatable bonds is 28. The van der Waals surface area contributed by atoms with Crippen molar-refractivity contribution >= 4 is 80.8 Å². The standard InChI is InChI=1S/C48H76O12S4Si5/c1-65(2,29-25-41-9-17-45(18-10-41)61(49,50)51)33-37-69(38-34-66(3,4)30-26-42-11-19-46(20-12-42)62(52,53)54,39-35-67(5,6)31-27-43-13-21-47(22-14-43)63(55,56)57)40-36-68(7,8)32-28-44-15-23-48(24-16-44)64(58,59)60/h9-24H,25-40H2,1-8H3,(H,49,50,51)(H,52,53,54)(H,55,56,57)(H,58,59,60). The first kappa shape index (κ1) is 59.2. The fourth-order valence-corrected chi connectivity index (χ4v) is 36.5. The number of aryl methyl sites for hydroxylation is 4. The van der Waals surface area contributed by atoms with Gasteiger partial charge in [-0.05, 0) is 96.5 Å². The van der Waals surface area contributed by atoms with E-state index in [2.05, 4.69) is 52.4 Å². The lowest BCUT2D eigenvalue weighted by atomic mass is 10.2. The number of hydrogen-bond acceptors (Lipinski definition) is 8. The minimum atomic E-state index is -4.27. The first-order valence-electron chi connectivity index (χ1n) is 23.8. The van der Waals surface area contributed by atoms with Crippen LogP contribution in [0.5, 0.6) is 0 Å². The summed E-state index contributed by atoms with van der Waals surface area (Å²) in [6, 6.07) is 40.0. The maximum Gasteiger partial charge on any atom is 0.294 e. The van der Waals surface area contributed by atoms with Crippen LogP contribution in [0.25, 0.3) is 0 Å². The van der Waals surface area contributed by atoms with Gasteiger partial charge in [-0.3, -0.25) is 18.2 Å². The quantitative estimate of drug-likeness (QED) is 0.0308. The lowest BCUT2D eigenvalue weighted by Crippen LogP contribution is -2.43. The normalized spacial score (nSPS) is 13.7. The fraction of sp³-hybridized carbons (Fsp3) is 0.500. The first-order valence-corrected chi connectivity index (χ1v) is 46.1. The van der Waals surface area contributed by atoms with E-state index < -0.39 is 80.8 Å². The van der Waals surface area contributed by atoms with E-state index in [4.69, 9.17) is 0 Å². The Bertz CT molecular complexity index is 2380. The number of hydrogen-bond donors (Lipinski definition) is 4. The molecule has 0 aliphatic rings. The minimum Gasteiger partial charge on any atom is -0.282 e. The van der Waals surface area contributed by atoms with Crippen molar-refractivity contribution in [2.24, 2.45) is 0 Å². The molecule has 4 N–H and O–H groups in total. The SMILES string of the molecule is C[Si](C)(CCc1ccc(S(=O)(=O)O)cc1)CC[Si](CC[Si](C)(C)CCc1ccc(S(=O)(=O)O)cc1)(CC[Si](C)(C)CCc1ccc(S(=O)(=O)O)cc1)CC[Si](C)(C)CCc1ccc(S(=O)(=O)O)cc1. The second-order valence-corrected chi connectivity index (χ2v) is 54.6. The molecule has 0 aliphatic carbocycles. The van der Waals surface area contributed by atoms with Crippen molar-refractivity contribution in [2.75, 3.05) is 0 Å². The molecule has 0 saturated carbocycles. The van der Waals surface area contributed by atoms with Crippen LogP contribution in [0.1, 0.15) is 22.3 Å². The Hall–Kier alpha value is -2.40. The van der Waals surface area contributed by atoms with Gasteiger partial charge < -0.3 is 0 Å². The van der Waals surface area contributed by atoms with E-state index in [0.29, 0.717) is 0 Å². The second-order valence-electron chi connectivity index (χ2n) is 22.6.